The summed E-state index contributed by atoms with van der Waals surface area (Å²) in [6.07, 6.45) is -2.77. The Morgan fingerprint density at radius 3 is 2.56 bits per heavy atom. The summed E-state index contributed by atoms with van der Waals surface area (Å²) in [5.41, 5.74) is 4.48. The van der Waals surface area contributed by atoms with Gasteiger partial charge in [-0.25, -0.2) is 0 Å². The molecular formula is C12H13F3N2O. The maximum Gasteiger partial charge on any atom is 0.418 e. The molecule has 0 aromatic heterocycles. The highest BCUT2D eigenvalue weighted by molar-refractivity contribution is 5.95. The largest absolute Gasteiger partial charge is 0.418 e. The molecule has 6 heteroatoms. The van der Waals surface area contributed by atoms with Crippen LogP contribution in [0.4, 0.5) is 24.5 Å². The van der Waals surface area contributed by atoms with Gasteiger partial charge in [0.25, 0.3) is 0 Å². The predicted octanol–water partition coefficient (Wildman–Crippen LogP) is 2.80. The Balaban J connectivity index is 2.46. The molecule has 1 amide bonds. The van der Waals surface area contributed by atoms with E-state index in [0.29, 0.717) is 19.4 Å². The van der Waals surface area contributed by atoms with Crippen molar-refractivity contribution < 1.29 is 18.0 Å². The zero-order chi connectivity index (χ0) is 13.3. The number of benzene rings is 1. The van der Waals surface area contributed by atoms with Gasteiger partial charge >= 0.3 is 6.18 Å². The second kappa shape index (κ2) is 4.51. The molecule has 2 rings (SSSR count). The van der Waals surface area contributed by atoms with Crippen molar-refractivity contribution in [1.82, 2.24) is 0 Å². The van der Waals surface area contributed by atoms with Crippen LogP contribution < -0.4 is 10.6 Å². The van der Waals surface area contributed by atoms with Gasteiger partial charge in [-0.1, -0.05) is 0 Å². The van der Waals surface area contributed by atoms with Gasteiger partial charge in [0.05, 0.1) is 11.3 Å². The molecule has 0 spiro atoms. The van der Waals surface area contributed by atoms with Crippen molar-refractivity contribution in [3.63, 3.8) is 0 Å². The number of nitrogens with zero attached hydrogens (tertiary/aromatic N) is 1. The molecule has 0 radical (unpaired) electrons. The Bertz CT molecular complexity index is 471. The number of hydrogen-bond acceptors (Lipinski definition) is 2. The number of carbonyl (C=O) groups excluding carboxylic acids is 1. The average Bonchev–Trinajstić information content (AvgIpc) is 2.29. The number of alkyl halides is 3. The van der Waals surface area contributed by atoms with Crippen LogP contribution in [-0.4, -0.2) is 12.5 Å². The molecule has 1 aliphatic heterocycles. The van der Waals surface area contributed by atoms with Crippen molar-refractivity contribution >= 4 is 17.3 Å². The van der Waals surface area contributed by atoms with Gasteiger partial charge in [-0.2, -0.15) is 13.2 Å². The van der Waals surface area contributed by atoms with E-state index in [0.717, 1.165) is 12.5 Å². The summed E-state index contributed by atoms with van der Waals surface area (Å²) in [5, 5.41) is 0. The topological polar surface area (TPSA) is 46.3 Å². The summed E-state index contributed by atoms with van der Waals surface area (Å²) in [4.78, 5) is 12.9. The quantitative estimate of drug-likeness (QED) is 0.787. The standard InChI is InChI=1S/C12H13F3N2O/c13-12(14,15)9-7-8(16)4-5-10(9)17-6-2-1-3-11(17)18/h4-5,7H,1-3,6,16H2. The maximum atomic E-state index is 12.9. The van der Waals surface area contributed by atoms with E-state index in [1.807, 2.05) is 0 Å². The Morgan fingerprint density at radius 2 is 1.94 bits per heavy atom. The van der Waals surface area contributed by atoms with Crippen LogP contribution >= 0.6 is 0 Å². The molecule has 18 heavy (non-hydrogen) atoms. The molecule has 0 atom stereocenters. The molecule has 1 fully saturated rings. The number of nitrogen functional groups attached to an aromatic ring is 1. The van der Waals surface area contributed by atoms with Crippen LogP contribution in [0, 0.1) is 0 Å². The van der Waals surface area contributed by atoms with Crippen LogP contribution in [0.15, 0.2) is 18.2 Å². The molecular weight excluding hydrogens is 245 g/mol. The minimum Gasteiger partial charge on any atom is -0.399 e. The van der Waals surface area contributed by atoms with Crippen molar-refractivity contribution in [2.24, 2.45) is 0 Å². The molecule has 0 unspecified atom stereocenters. The summed E-state index contributed by atoms with van der Waals surface area (Å²) < 4.78 is 38.8. The fraction of sp³-hybridized carbons (Fsp3) is 0.417. The van der Waals surface area contributed by atoms with E-state index in [1.54, 1.807) is 0 Å². The number of anilines is 2. The number of nitrogens with two attached hydrogens (primary N) is 1. The molecule has 98 valence electrons. The van der Waals surface area contributed by atoms with Crippen LogP contribution in [-0.2, 0) is 11.0 Å². The lowest BCUT2D eigenvalue weighted by Gasteiger charge is -2.29. The number of piperidine rings is 1. The summed E-state index contributed by atoms with van der Waals surface area (Å²) in [6.45, 7) is 0.325. The van der Waals surface area contributed by atoms with Gasteiger partial charge in [0.15, 0.2) is 0 Å². The first-order valence-corrected chi connectivity index (χ1v) is 5.66. The number of amides is 1. The van der Waals surface area contributed by atoms with Gasteiger partial charge in [0, 0.05) is 18.7 Å². The van der Waals surface area contributed by atoms with E-state index in [9.17, 15) is 18.0 Å². The molecule has 1 aromatic carbocycles. The van der Waals surface area contributed by atoms with Crippen molar-refractivity contribution in [3.05, 3.63) is 23.8 Å². The van der Waals surface area contributed by atoms with E-state index in [2.05, 4.69) is 0 Å². The monoisotopic (exact) mass is 258 g/mol. The first kappa shape index (κ1) is 12.7. The Kier molecular flexibility index (Phi) is 3.19. The second-order valence-corrected chi connectivity index (χ2v) is 4.28. The van der Waals surface area contributed by atoms with Crippen molar-refractivity contribution in [1.29, 1.82) is 0 Å². The van der Waals surface area contributed by atoms with Gasteiger partial charge in [-0.15, -0.1) is 0 Å². The van der Waals surface area contributed by atoms with Crippen LogP contribution in [0.5, 0.6) is 0 Å². The van der Waals surface area contributed by atoms with Crippen molar-refractivity contribution in [3.8, 4) is 0 Å². The number of hydrogen-bond donors (Lipinski definition) is 1. The lowest BCUT2D eigenvalue weighted by atomic mass is 10.1. The maximum absolute atomic E-state index is 12.9. The third-order valence-electron chi connectivity index (χ3n) is 2.94. The molecule has 1 aliphatic rings. The highest BCUT2D eigenvalue weighted by atomic mass is 19.4. The predicted molar refractivity (Wildman–Crippen MR) is 62.1 cm³/mol. The molecule has 2 N–H and O–H groups in total. The van der Waals surface area contributed by atoms with Crippen LogP contribution in [0.3, 0.4) is 0 Å². The van der Waals surface area contributed by atoms with Crippen LogP contribution in [0.2, 0.25) is 0 Å². The molecule has 1 aromatic rings. The molecule has 3 nitrogen and oxygen atoms in total. The minimum atomic E-state index is -4.51. The summed E-state index contributed by atoms with van der Waals surface area (Å²) in [7, 11) is 0. The van der Waals surface area contributed by atoms with Crippen LogP contribution in [0.25, 0.3) is 0 Å². The number of carbonyl (C=O) groups is 1. The fourth-order valence-corrected chi connectivity index (χ4v) is 2.08. The molecule has 0 aliphatic carbocycles. The smallest absolute Gasteiger partial charge is 0.399 e. The Labute approximate surface area is 102 Å². The second-order valence-electron chi connectivity index (χ2n) is 4.28. The normalized spacial score (nSPS) is 17.1. The minimum absolute atomic E-state index is 0.0375. The molecule has 1 heterocycles. The number of halogens is 3. The lowest BCUT2D eigenvalue weighted by Crippen LogP contribution is -2.36. The molecule has 1 saturated heterocycles. The summed E-state index contributed by atoms with van der Waals surface area (Å²) in [5.74, 6) is -0.267. The van der Waals surface area contributed by atoms with E-state index < -0.39 is 11.7 Å². The zero-order valence-corrected chi connectivity index (χ0v) is 9.63. The molecule has 0 bridgehead atoms. The summed E-state index contributed by atoms with van der Waals surface area (Å²) >= 11 is 0. The van der Waals surface area contributed by atoms with Crippen molar-refractivity contribution in [2.75, 3.05) is 17.2 Å². The van der Waals surface area contributed by atoms with Gasteiger partial charge in [0.1, 0.15) is 0 Å². The van der Waals surface area contributed by atoms with Gasteiger partial charge in [-0.3, -0.25) is 4.79 Å². The van der Waals surface area contributed by atoms with E-state index in [1.165, 1.54) is 17.0 Å². The first-order chi connectivity index (χ1) is 8.39. The third kappa shape index (κ3) is 2.42. The average molecular weight is 258 g/mol. The fourth-order valence-electron chi connectivity index (χ4n) is 2.08. The SMILES string of the molecule is Nc1ccc(N2CCCCC2=O)c(C(F)(F)F)c1. The highest BCUT2D eigenvalue weighted by Gasteiger charge is 2.36. The van der Waals surface area contributed by atoms with Crippen LogP contribution in [0.1, 0.15) is 24.8 Å². The van der Waals surface area contributed by atoms with E-state index in [4.69, 9.17) is 5.73 Å². The van der Waals surface area contributed by atoms with Gasteiger partial charge in [-0.05, 0) is 31.0 Å². The highest BCUT2D eigenvalue weighted by Crippen LogP contribution is 2.38. The Morgan fingerprint density at radius 1 is 1.22 bits per heavy atom. The zero-order valence-electron chi connectivity index (χ0n) is 9.63. The van der Waals surface area contributed by atoms with Gasteiger partial charge in [0.2, 0.25) is 5.91 Å². The Hall–Kier alpha value is -1.72. The van der Waals surface area contributed by atoms with E-state index in [-0.39, 0.29) is 17.3 Å². The number of rotatable bonds is 1. The summed E-state index contributed by atoms with van der Waals surface area (Å²) in [6, 6.07) is 3.52. The van der Waals surface area contributed by atoms with Gasteiger partial charge < -0.3 is 10.6 Å². The third-order valence-corrected chi connectivity index (χ3v) is 2.94. The lowest BCUT2D eigenvalue weighted by molar-refractivity contribution is -0.137. The first-order valence-electron chi connectivity index (χ1n) is 5.66. The van der Waals surface area contributed by atoms with E-state index >= 15 is 0 Å². The van der Waals surface area contributed by atoms with Crippen molar-refractivity contribution in [2.45, 2.75) is 25.4 Å². The molecule has 0 saturated carbocycles.